The van der Waals surface area contributed by atoms with Crippen molar-refractivity contribution in [3.05, 3.63) is 125 Å². The molecule has 47 heavy (non-hydrogen) atoms. The molecular weight excluding hydrogens is 616 g/mol. The summed E-state index contributed by atoms with van der Waals surface area (Å²) in [6.07, 6.45) is 0. The summed E-state index contributed by atoms with van der Waals surface area (Å²) in [5.74, 6) is -6.56. The molecule has 15 nitrogen and oxygen atoms in total. The average molecular weight is 647 g/mol. The topological polar surface area (TPSA) is 206 Å². The molecule has 2 atom stereocenters. The fourth-order valence-electron chi connectivity index (χ4n) is 5.79. The van der Waals surface area contributed by atoms with Crippen molar-refractivity contribution in [3.8, 4) is 0 Å². The first-order chi connectivity index (χ1) is 22.2. The molecule has 0 saturated carbocycles. The number of hydrogen-bond acceptors (Lipinski definition) is 13. The van der Waals surface area contributed by atoms with Crippen molar-refractivity contribution in [2.45, 2.75) is 39.5 Å². The minimum absolute atomic E-state index is 0.0475. The number of hydrogen-bond donors (Lipinski definition) is 2. The number of rotatable bonds is 8. The Balaban J connectivity index is 1.83. The molecule has 2 aromatic carbocycles. The van der Waals surface area contributed by atoms with E-state index >= 15 is 0 Å². The van der Waals surface area contributed by atoms with E-state index in [1.807, 2.05) is 0 Å². The predicted molar refractivity (Wildman–Crippen MR) is 164 cm³/mol. The van der Waals surface area contributed by atoms with Gasteiger partial charge in [-0.15, -0.1) is 0 Å². The summed E-state index contributed by atoms with van der Waals surface area (Å²) in [4.78, 5) is 75.8. The van der Waals surface area contributed by atoms with Crippen LogP contribution in [-0.4, -0.2) is 47.9 Å². The number of nitro groups is 2. The van der Waals surface area contributed by atoms with E-state index in [9.17, 15) is 39.4 Å². The average Bonchev–Trinajstić information content (AvgIpc) is 3.03. The monoisotopic (exact) mass is 646 g/mol. The van der Waals surface area contributed by atoms with E-state index in [1.165, 1.54) is 62.4 Å². The Hall–Kier alpha value is -6.12. The Bertz CT molecular complexity index is 1740. The normalized spacial score (nSPS) is 17.8. The molecule has 2 aromatic rings. The molecule has 0 unspecified atom stereocenters. The minimum atomic E-state index is -1.25. The number of nitrogens with one attached hydrogen (secondary N) is 2. The van der Waals surface area contributed by atoms with Crippen LogP contribution in [0.15, 0.2) is 93.6 Å². The predicted octanol–water partition coefficient (Wildman–Crippen LogP) is 4.09. The first kappa shape index (κ1) is 33.8. The van der Waals surface area contributed by atoms with Crippen molar-refractivity contribution in [1.29, 1.82) is 0 Å². The van der Waals surface area contributed by atoms with Gasteiger partial charge in [0.05, 0.1) is 58.2 Å². The maximum atomic E-state index is 14.0. The fourth-order valence-corrected chi connectivity index (χ4v) is 5.79. The van der Waals surface area contributed by atoms with E-state index in [0.717, 1.165) is 14.2 Å². The number of nitro benzene ring substituents is 2. The number of carbonyl (C=O) groups is 4. The number of nitrogens with zero attached hydrogens (tertiary/aromatic N) is 2. The van der Waals surface area contributed by atoms with Gasteiger partial charge >= 0.3 is 23.9 Å². The molecule has 0 aliphatic carbocycles. The van der Waals surface area contributed by atoms with E-state index in [-0.39, 0.29) is 56.2 Å². The lowest BCUT2D eigenvalue weighted by molar-refractivity contribution is -0.385. The first-order valence-electron chi connectivity index (χ1n) is 14.0. The number of carbonyl (C=O) groups excluding carboxylic acids is 4. The van der Waals surface area contributed by atoms with E-state index in [0.29, 0.717) is 11.4 Å². The Kier molecular flexibility index (Phi) is 9.68. The molecule has 0 bridgehead atoms. The van der Waals surface area contributed by atoms with Gasteiger partial charge in [-0.3, -0.25) is 20.2 Å². The Morgan fingerprint density at radius 2 is 0.915 bits per heavy atom. The van der Waals surface area contributed by atoms with Crippen LogP contribution in [0.3, 0.4) is 0 Å². The van der Waals surface area contributed by atoms with Crippen LogP contribution in [0.1, 0.15) is 50.7 Å². The van der Waals surface area contributed by atoms with Gasteiger partial charge in [0, 0.05) is 47.1 Å². The lowest BCUT2D eigenvalue weighted by Gasteiger charge is -2.31. The van der Waals surface area contributed by atoms with E-state index in [1.54, 1.807) is 13.8 Å². The van der Waals surface area contributed by atoms with Crippen LogP contribution in [0.4, 0.5) is 11.4 Å². The van der Waals surface area contributed by atoms with Gasteiger partial charge in [-0.2, -0.15) is 0 Å². The van der Waals surface area contributed by atoms with Crippen LogP contribution in [0.2, 0.25) is 0 Å². The largest absolute Gasteiger partial charge is 0.466 e. The van der Waals surface area contributed by atoms with Gasteiger partial charge in [0.15, 0.2) is 0 Å². The molecular formula is C32H30N4O11. The van der Waals surface area contributed by atoms with E-state index in [4.69, 9.17) is 14.2 Å². The smallest absolute Gasteiger partial charge is 0.344 e. The van der Waals surface area contributed by atoms with Crippen molar-refractivity contribution in [1.82, 2.24) is 10.6 Å². The second-order valence-electron chi connectivity index (χ2n) is 10.6. The van der Waals surface area contributed by atoms with Gasteiger partial charge in [-0.25, -0.2) is 19.2 Å². The Morgan fingerprint density at radius 1 is 0.596 bits per heavy atom. The third kappa shape index (κ3) is 6.49. The van der Waals surface area contributed by atoms with Crippen molar-refractivity contribution in [3.63, 3.8) is 0 Å². The van der Waals surface area contributed by atoms with Crippen molar-refractivity contribution >= 4 is 35.3 Å². The zero-order valence-corrected chi connectivity index (χ0v) is 26.2. The number of non-ortho nitro benzene ring substituents is 2. The van der Waals surface area contributed by atoms with Gasteiger partial charge < -0.3 is 24.8 Å². The molecule has 0 radical (unpaired) electrons. The maximum Gasteiger partial charge on any atom is 0.344 e. The third-order valence-corrected chi connectivity index (χ3v) is 7.79. The van der Waals surface area contributed by atoms with Gasteiger partial charge in [-0.05, 0) is 38.8 Å². The molecule has 2 aliphatic heterocycles. The number of allylic oxidation sites excluding steroid dienone is 4. The summed E-state index contributed by atoms with van der Waals surface area (Å²) in [5.41, 5.74) is 0.211. The highest BCUT2D eigenvalue weighted by molar-refractivity contribution is 6.08. The van der Waals surface area contributed by atoms with Gasteiger partial charge in [0.25, 0.3) is 11.4 Å². The molecule has 0 spiro atoms. The zero-order valence-electron chi connectivity index (χ0n) is 26.2. The van der Waals surface area contributed by atoms with Crippen LogP contribution in [0, 0.1) is 20.2 Å². The number of benzene rings is 2. The molecule has 4 rings (SSSR count). The highest BCUT2D eigenvalue weighted by atomic mass is 16.6. The van der Waals surface area contributed by atoms with E-state index < -0.39 is 45.6 Å². The van der Waals surface area contributed by atoms with Gasteiger partial charge in [0.1, 0.15) is 0 Å². The number of dihydropyridines is 2. The van der Waals surface area contributed by atoms with Crippen molar-refractivity contribution in [2.24, 2.45) is 0 Å². The molecule has 0 aromatic heterocycles. The maximum absolute atomic E-state index is 14.0. The number of methoxy groups -OCH3 is 2. The van der Waals surface area contributed by atoms with Crippen LogP contribution in [0.25, 0.3) is 0 Å². The Labute approximate surface area is 267 Å². The zero-order chi connectivity index (χ0) is 34.7. The first-order valence-corrected chi connectivity index (χ1v) is 14.0. The van der Waals surface area contributed by atoms with Crippen LogP contribution < -0.4 is 10.6 Å². The summed E-state index contributed by atoms with van der Waals surface area (Å²) in [7, 11) is 2.27. The molecule has 0 fully saturated rings. The molecule has 244 valence electrons. The second kappa shape index (κ2) is 13.5. The quantitative estimate of drug-likeness (QED) is 0.136. The Morgan fingerprint density at radius 3 is 1.21 bits per heavy atom. The van der Waals surface area contributed by atoms with Gasteiger partial charge in [0.2, 0.25) is 0 Å². The summed E-state index contributed by atoms with van der Waals surface area (Å²) >= 11 is 0. The van der Waals surface area contributed by atoms with Crippen molar-refractivity contribution < 1.29 is 43.2 Å². The lowest BCUT2D eigenvalue weighted by atomic mass is 9.79. The summed E-state index contributed by atoms with van der Waals surface area (Å²) in [5, 5.41) is 29.0. The highest BCUT2D eigenvalue weighted by Crippen LogP contribution is 2.42. The number of esters is 4. The highest BCUT2D eigenvalue weighted by Gasteiger charge is 2.42. The molecule has 0 amide bonds. The van der Waals surface area contributed by atoms with Crippen LogP contribution in [0.5, 0.6) is 0 Å². The lowest BCUT2D eigenvalue weighted by Crippen LogP contribution is -2.35. The SMILES string of the molecule is COC(=O)C1=C(C)NC(C)=C(C(=O)OC(=O)C2=C(C)NC(C)=C(C(=O)OC)[C@H]2c2cccc([N+](=O)[O-])c2)[C@@H]1c1cccc([N+](=O)[O-])c1. The summed E-state index contributed by atoms with van der Waals surface area (Å²) in [6, 6.07) is 10.6. The van der Waals surface area contributed by atoms with Crippen molar-refractivity contribution in [2.75, 3.05) is 14.2 Å². The molecule has 2 N–H and O–H groups in total. The van der Waals surface area contributed by atoms with Gasteiger partial charge in [-0.1, -0.05) is 24.3 Å². The van der Waals surface area contributed by atoms with Crippen LogP contribution >= 0.6 is 0 Å². The fraction of sp³-hybridized carbons (Fsp3) is 0.250. The standard InChI is InChI=1S/C32H30N4O11/c1-15-23(29(37)45-5)27(19-9-7-11-21(13-19)35(41)42)25(17(3)33-15)31(39)47-32(40)26-18(4)34-16(2)24(30(38)46-6)28(26)20-10-8-12-22(14-20)36(43)44/h7-14,27-28,33-34H,1-6H3/t27-,28-/m1/s1. The minimum Gasteiger partial charge on any atom is -0.466 e. The summed E-state index contributed by atoms with van der Waals surface area (Å²) < 4.78 is 15.4. The molecule has 2 heterocycles. The molecule has 15 heteroatoms. The van der Waals surface area contributed by atoms with Crippen LogP contribution in [-0.2, 0) is 33.4 Å². The molecule has 2 aliphatic rings. The molecule has 0 saturated heterocycles. The third-order valence-electron chi connectivity index (χ3n) is 7.79. The number of ether oxygens (including phenoxy) is 3. The second-order valence-corrected chi connectivity index (χ2v) is 10.6. The summed E-state index contributed by atoms with van der Waals surface area (Å²) in [6.45, 7) is 6.12. The van der Waals surface area contributed by atoms with E-state index in [2.05, 4.69) is 10.6 Å².